The van der Waals surface area contributed by atoms with Gasteiger partial charge in [-0.15, -0.1) is 0 Å². The van der Waals surface area contributed by atoms with E-state index in [4.69, 9.17) is 9.47 Å². The maximum Gasteiger partial charge on any atom is 0.225 e. The first-order chi connectivity index (χ1) is 12.1. The molecule has 0 aliphatic carbocycles. The van der Waals surface area contributed by atoms with Crippen LogP contribution in [-0.4, -0.2) is 23.6 Å². The lowest BCUT2D eigenvalue weighted by Gasteiger charge is -2.28. The van der Waals surface area contributed by atoms with Crippen molar-refractivity contribution in [3.8, 4) is 11.5 Å². The average Bonchev–Trinajstić information content (AvgIpc) is 2.63. The fourth-order valence-corrected chi connectivity index (χ4v) is 2.86. The van der Waals surface area contributed by atoms with Crippen LogP contribution in [-0.2, 0) is 16.1 Å². The zero-order valence-corrected chi connectivity index (χ0v) is 14.1. The highest BCUT2D eigenvalue weighted by Gasteiger charge is 2.28. The molecule has 3 rings (SSSR count). The minimum absolute atomic E-state index is 0.0525. The van der Waals surface area contributed by atoms with Gasteiger partial charge < -0.3 is 14.8 Å². The molecule has 6 heteroatoms. The number of rotatable bonds is 5. The second-order valence-corrected chi connectivity index (χ2v) is 6.10. The van der Waals surface area contributed by atoms with Gasteiger partial charge in [-0.05, 0) is 49.6 Å². The SMILES string of the molecule is C[C@@H]1OCCC[C@@H]1C(=O)NCc1ccc(Oc2cccnc2)c(F)c1. The fourth-order valence-electron chi connectivity index (χ4n) is 2.86. The summed E-state index contributed by atoms with van der Waals surface area (Å²) in [6.07, 6.45) is 4.76. The van der Waals surface area contributed by atoms with Gasteiger partial charge in [0.1, 0.15) is 5.75 Å². The molecule has 132 valence electrons. The number of carbonyl (C=O) groups excluding carboxylic acids is 1. The Kier molecular flexibility index (Phi) is 5.60. The lowest BCUT2D eigenvalue weighted by molar-refractivity contribution is -0.133. The van der Waals surface area contributed by atoms with Crippen molar-refractivity contribution in [1.29, 1.82) is 0 Å². The normalized spacial score (nSPS) is 20.1. The Balaban J connectivity index is 1.58. The summed E-state index contributed by atoms with van der Waals surface area (Å²) in [6.45, 7) is 2.88. The molecule has 1 aliphatic rings. The molecule has 1 N–H and O–H groups in total. The summed E-state index contributed by atoms with van der Waals surface area (Å²) in [6, 6.07) is 8.07. The minimum atomic E-state index is -0.482. The van der Waals surface area contributed by atoms with Gasteiger partial charge in [0.25, 0.3) is 0 Å². The number of carbonyl (C=O) groups is 1. The van der Waals surface area contributed by atoms with Gasteiger partial charge >= 0.3 is 0 Å². The Labute approximate surface area is 146 Å². The molecule has 1 aromatic heterocycles. The number of amides is 1. The first kappa shape index (κ1) is 17.4. The maximum absolute atomic E-state index is 14.2. The van der Waals surface area contributed by atoms with E-state index in [1.807, 2.05) is 6.92 Å². The maximum atomic E-state index is 14.2. The topological polar surface area (TPSA) is 60.5 Å². The summed E-state index contributed by atoms with van der Waals surface area (Å²) in [7, 11) is 0. The Hall–Kier alpha value is -2.47. The van der Waals surface area contributed by atoms with Gasteiger partial charge in [-0.1, -0.05) is 6.07 Å². The number of aromatic nitrogens is 1. The number of hydrogen-bond acceptors (Lipinski definition) is 4. The van der Waals surface area contributed by atoms with E-state index < -0.39 is 5.82 Å². The Bertz CT molecular complexity index is 724. The van der Waals surface area contributed by atoms with Crippen molar-refractivity contribution in [2.75, 3.05) is 6.61 Å². The summed E-state index contributed by atoms with van der Waals surface area (Å²) in [5.74, 6) is -0.0915. The van der Waals surface area contributed by atoms with Crippen LogP contribution in [0.5, 0.6) is 11.5 Å². The van der Waals surface area contributed by atoms with E-state index in [1.54, 1.807) is 30.5 Å². The van der Waals surface area contributed by atoms with Crippen LogP contribution in [0, 0.1) is 11.7 Å². The highest BCUT2D eigenvalue weighted by molar-refractivity contribution is 5.79. The predicted molar refractivity (Wildman–Crippen MR) is 90.7 cm³/mol. The number of pyridine rings is 1. The smallest absolute Gasteiger partial charge is 0.225 e. The van der Waals surface area contributed by atoms with Crippen molar-refractivity contribution < 1.29 is 18.7 Å². The number of nitrogens with zero attached hydrogens (tertiary/aromatic N) is 1. The van der Waals surface area contributed by atoms with E-state index >= 15 is 0 Å². The third kappa shape index (κ3) is 4.54. The van der Waals surface area contributed by atoms with Crippen LogP contribution < -0.4 is 10.1 Å². The zero-order valence-electron chi connectivity index (χ0n) is 14.1. The molecule has 1 amide bonds. The quantitative estimate of drug-likeness (QED) is 0.902. The van der Waals surface area contributed by atoms with E-state index in [9.17, 15) is 9.18 Å². The van der Waals surface area contributed by atoms with Gasteiger partial charge in [-0.2, -0.15) is 0 Å². The van der Waals surface area contributed by atoms with Gasteiger partial charge in [0, 0.05) is 19.3 Å². The van der Waals surface area contributed by atoms with Crippen molar-refractivity contribution in [2.45, 2.75) is 32.4 Å². The fraction of sp³-hybridized carbons (Fsp3) is 0.368. The molecule has 2 heterocycles. The Morgan fingerprint density at radius 3 is 3.04 bits per heavy atom. The lowest BCUT2D eigenvalue weighted by atomic mass is 9.94. The summed E-state index contributed by atoms with van der Waals surface area (Å²) >= 11 is 0. The van der Waals surface area contributed by atoms with E-state index in [0.717, 1.165) is 12.8 Å². The first-order valence-corrected chi connectivity index (χ1v) is 8.39. The molecular weight excluding hydrogens is 323 g/mol. The number of ether oxygens (including phenoxy) is 2. The Morgan fingerprint density at radius 1 is 1.44 bits per heavy atom. The predicted octanol–water partition coefficient (Wildman–Crippen LogP) is 3.44. The van der Waals surface area contributed by atoms with Gasteiger partial charge in [0.05, 0.1) is 18.2 Å². The average molecular weight is 344 g/mol. The molecule has 1 saturated heterocycles. The molecule has 1 aliphatic heterocycles. The van der Waals surface area contributed by atoms with E-state index in [0.29, 0.717) is 17.9 Å². The van der Waals surface area contributed by atoms with Crippen LogP contribution in [0.2, 0.25) is 0 Å². The monoisotopic (exact) mass is 344 g/mol. The molecule has 0 spiro atoms. The molecule has 1 aromatic carbocycles. The molecular formula is C19H21FN2O3. The van der Waals surface area contributed by atoms with Gasteiger partial charge in [0.15, 0.2) is 11.6 Å². The lowest BCUT2D eigenvalue weighted by Crippen LogP contribution is -2.39. The molecule has 5 nitrogen and oxygen atoms in total. The van der Waals surface area contributed by atoms with Crippen molar-refractivity contribution in [3.05, 3.63) is 54.1 Å². The Morgan fingerprint density at radius 2 is 2.32 bits per heavy atom. The summed E-state index contributed by atoms with van der Waals surface area (Å²) < 4.78 is 25.2. The first-order valence-electron chi connectivity index (χ1n) is 8.39. The second kappa shape index (κ2) is 8.07. The minimum Gasteiger partial charge on any atom is -0.453 e. The summed E-state index contributed by atoms with van der Waals surface area (Å²) in [5, 5.41) is 2.86. The summed E-state index contributed by atoms with van der Waals surface area (Å²) in [4.78, 5) is 16.2. The molecule has 0 saturated carbocycles. The molecule has 0 unspecified atom stereocenters. The van der Waals surface area contributed by atoms with Crippen LogP contribution in [0.3, 0.4) is 0 Å². The van der Waals surface area contributed by atoms with Gasteiger partial charge in [-0.3, -0.25) is 9.78 Å². The molecule has 2 atom stereocenters. The van der Waals surface area contributed by atoms with E-state index in [-0.39, 0.29) is 30.2 Å². The summed E-state index contributed by atoms with van der Waals surface area (Å²) in [5.41, 5.74) is 0.675. The number of nitrogens with one attached hydrogen (secondary N) is 1. The third-order valence-corrected chi connectivity index (χ3v) is 4.27. The third-order valence-electron chi connectivity index (χ3n) is 4.27. The van der Waals surface area contributed by atoms with E-state index in [2.05, 4.69) is 10.3 Å². The molecule has 2 aromatic rings. The van der Waals surface area contributed by atoms with Crippen LogP contribution in [0.4, 0.5) is 4.39 Å². The zero-order chi connectivity index (χ0) is 17.6. The highest BCUT2D eigenvalue weighted by Crippen LogP contribution is 2.25. The molecule has 0 radical (unpaired) electrons. The van der Waals surface area contributed by atoms with Gasteiger partial charge in [0.2, 0.25) is 5.91 Å². The highest BCUT2D eigenvalue weighted by atomic mass is 19.1. The van der Waals surface area contributed by atoms with Gasteiger partial charge in [-0.25, -0.2) is 4.39 Å². The largest absolute Gasteiger partial charge is 0.453 e. The van der Waals surface area contributed by atoms with Crippen LogP contribution in [0.1, 0.15) is 25.3 Å². The standard InChI is InChI=1S/C19H21FN2O3/c1-13-16(5-3-9-24-13)19(23)22-11-14-6-7-18(17(20)10-14)25-15-4-2-8-21-12-15/h2,4,6-8,10,12-13,16H,3,5,9,11H2,1H3,(H,22,23)/t13-,16-/m0/s1. The van der Waals surface area contributed by atoms with Crippen molar-refractivity contribution in [2.24, 2.45) is 5.92 Å². The van der Waals surface area contributed by atoms with Crippen molar-refractivity contribution in [1.82, 2.24) is 10.3 Å². The number of hydrogen-bond donors (Lipinski definition) is 1. The molecule has 1 fully saturated rings. The second-order valence-electron chi connectivity index (χ2n) is 6.10. The number of halogens is 1. The molecule has 25 heavy (non-hydrogen) atoms. The number of benzene rings is 1. The van der Waals surface area contributed by atoms with Crippen molar-refractivity contribution in [3.63, 3.8) is 0 Å². The van der Waals surface area contributed by atoms with Crippen LogP contribution >= 0.6 is 0 Å². The molecule has 0 bridgehead atoms. The van der Waals surface area contributed by atoms with Crippen LogP contribution in [0.25, 0.3) is 0 Å². The van der Waals surface area contributed by atoms with E-state index in [1.165, 1.54) is 12.3 Å². The van der Waals surface area contributed by atoms with Crippen molar-refractivity contribution >= 4 is 5.91 Å². The van der Waals surface area contributed by atoms with Crippen LogP contribution in [0.15, 0.2) is 42.7 Å².